The maximum Gasteiger partial charge on any atom is 0.233 e. The molecule has 4 nitrogen and oxygen atoms in total. The van der Waals surface area contributed by atoms with Crippen molar-refractivity contribution >= 4 is 11.6 Å². The lowest BCUT2D eigenvalue weighted by molar-refractivity contribution is -0.130. The second-order valence-electron chi connectivity index (χ2n) is 9.70. The second-order valence-corrected chi connectivity index (χ2v) is 9.70. The fraction of sp³-hybridized carbons (Fsp3) is 0.593. The van der Waals surface area contributed by atoms with Crippen LogP contribution in [0.1, 0.15) is 72.1 Å². The summed E-state index contributed by atoms with van der Waals surface area (Å²) >= 11 is 0. The molecule has 32 heavy (non-hydrogen) atoms. The molecule has 1 aromatic carbocycles. The molecule has 5 heteroatoms. The van der Waals surface area contributed by atoms with Crippen molar-refractivity contribution in [2.75, 3.05) is 18.1 Å². The lowest BCUT2D eigenvalue weighted by atomic mass is 9.67. The average Bonchev–Trinajstić information content (AvgIpc) is 3.07. The van der Waals surface area contributed by atoms with Crippen LogP contribution < -0.4 is 9.64 Å². The van der Waals surface area contributed by atoms with Crippen molar-refractivity contribution in [3.63, 3.8) is 0 Å². The quantitative estimate of drug-likeness (QED) is 0.466. The summed E-state index contributed by atoms with van der Waals surface area (Å²) in [6.07, 6.45) is 8.98. The van der Waals surface area contributed by atoms with Gasteiger partial charge in [0, 0.05) is 18.7 Å². The number of aliphatic hydroxyl groups is 1. The summed E-state index contributed by atoms with van der Waals surface area (Å²) in [5, 5.41) is 10.7. The lowest BCUT2D eigenvalue weighted by Crippen LogP contribution is -2.43. The molecule has 0 radical (unpaired) electrons. The van der Waals surface area contributed by atoms with E-state index in [0.717, 1.165) is 37.8 Å². The van der Waals surface area contributed by atoms with Gasteiger partial charge in [-0.25, -0.2) is 4.39 Å². The van der Waals surface area contributed by atoms with Crippen molar-refractivity contribution < 1.29 is 19.0 Å². The zero-order valence-corrected chi connectivity index (χ0v) is 19.8. The van der Waals surface area contributed by atoms with Crippen molar-refractivity contribution in [2.24, 2.45) is 5.41 Å². The first-order valence-corrected chi connectivity index (χ1v) is 11.9. The Balaban J connectivity index is 1.58. The van der Waals surface area contributed by atoms with Crippen LogP contribution in [0.15, 0.2) is 48.6 Å². The molecule has 3 rings (SSSR count). The molecule has 1 saturated heterocycles. The summed E-state index contributed by atoms with van der Waals surface area (Å²) in [6, 6.07) is 7.47. The molecule has 1 aromatic rings. The van der Waals surface area contributed by atoms with Crippen molar-refractivity contribution in [2.45, 2.75) is 83.4 Å². The minimum atomic E-state index is -1.56. The third-order valence-corrected chi connectivity index (χ3v) is 7.39. The summed E-state index contributed by atoms with van der Waals surface area (Å²) in [6.45, 7) is 10.3. The van der Waals surface area contributed by atoms with Crippen molar-refractivity contribution in [1.29, 1.82) is 0 Å². The average molecular weight is 444 g/mol. The van der Waals surface area contributed by atoms with E-state index in [1.54, 1.807) is 19.9 Å². The molecule has 1 saturated carbocycles. The van der Waals surface area contributed by atoms with E-state index in [-0.39, 0.29) is 24.3 Å². The minimum absolute atomic E-state index is 0.180. The van der Waals surface area contributed by atoms with E-state index in [0.29, 0.717) is 30.7 Å². The summed E-state index contributed by atoms with van der Waals surface area (Å²) in [7, 11) is 0. The van der Waals surface area contributed by atoms with Crippen molar-refractivity contribution in [1.82, 2.24) is 0 Å². The molecule has 0 aromatic heterocycles. The van der Waals surface area contributed by atoms with E-state index >= 15 is 0 Å². The fourth-order valence-electron chi connectivity index (χ4n) is 5.18. The number of anilines is 1. The van der Waals surface area contributed by atoms with Gasteiger partial charge in [-0.1, -0.05) is 26.0 Å². The Labute approximate surface area is 192 Å². The highest BCUT2D eigenvalue weighted by Gasteiger charge is 2.51. The van der Waals surface area contributed by atoms with Gasteiger partial charge in [0.1, 0.15) is 5.75 Å². The number of rotatable bonds is 9. The molecule has 1 N–H and O–H groups in total. The summed E-state index contributed by atoms with van der Waals surface area (Å²) < 4.78 is 20.6. The molecule has 1 unspecified atom stereocenters. The number of benzene rings is 1. The molecule has 1 heterocycles. The van der Waals surface area contributed by atoms with Crippen molar-refractivity contribution in [3.05, 3.63) is 48.6 Å². The van der Waals surface area contributed by atoms with Gasteiger partial charge < -0.3 is 14.7 Å². The monoisotopic (exact) mass is 443 g/mol. The molecule has 176 valence electrons. The number of alkyl halides is 1. The smallest absolute Gasteiger partial charge is 0.233 e. The molecule has 1 spiro atoms. The van der Waals surface area contributed by atoms with Gasteiger partial charge in [0.2, 0.25) is 5.91 Å². The molecular formula is C27H38FNO3. The Morgan fingerprint density at radius 3 is 2.47 bits per heavy atom. The predicted molar refractivity (Wildman–Crippen MR) is 128 cm³/mol. The first kappa shape index (κ1) is 24.5. The van der Waals surface area contributed by atoms with Gasteiger partial charge in [0.15, 0.2) is 5.67 Å². The van der Waals surface area contributed by atoms with Crippen LogP contribution in [-0.2, 0) is 4.79 Å². The first-order chi connectivity index (χ1) is 15.2. The Morgan fingerprint density at radius 1 is 1.25 bits per heavy atom. The number of hydrogen-bond acceptors (Lipinski definition) is 3. The third-order valence-electron chi connectivity index (χ3n) is 7.39. The topological polar surface area (TPSA) is 49.8 Å². The zero-order chi connectivity index (χ0) is 23.4. The fourth-order valence-corrected chi connectivity index (χ4v) is 5.18. The number of nitrogens with zero attached hydrogens (tertiary/aromatic N) is 1. The molecule has 1 aliphatic carbocycles. The highest BCUT2D eigenvalue weighted by atomic mass is 19.1. The Bertz CT molecular complexity index is 839. The Kier molecular flexibility index (Phi) is 7.49. The van der Waals surface area contributed by atoms with Crippen LogP contribution in [0.2, 0.25) is 0 Å². The van der Waals surface area contributed by atoms with E-state index in [9.17, 15) is 14.3 Å². The SMILES string of the molecule is C=C(C)C(F)(C=CC)CCOc1ccc(N2CCC3(CCC(O)(CCC)CC3)C2=O)cc1. The van der Waals surface area contributed by atoms with Crippen LogP contribution in [-0.4, -0.2) is 35.4 Å². The van der Waals surface area contributed by atoms with Gasteiger partial charge in [-0.2, -0.15) is 0 Å². The number of carbonyl (C=O) groups excluding carboxylic acids is 1. The summed E-state index contributed by atoms with van der Waals surface area (Å²) in [5.41, 5.74) is -1.15. The molecule has 1 atom stereocenters. The molecular weight excluding hydrogens is 405 g/mol. The van der Waals surface area contributed by atoms with Crippen LogP contribution >= 0.6 is 0 Å². The van der Waals surface area contributed by atoms with Crippen LogP contribution in [0, 0.1) is 5.41 Å². The Morgan fingerprint density at radius 2 is 1.91 bits per heavy atom. The number of hydrogen-bond donors (Lipinski definition) is 1. The lowest BCUT2D eigenvalue weighted by Gasteiger charge is -2.41. The summed E-state index contributed by atoms with van der Waals surface area (Å²) in [5.74, 6) is 0.835. The van der Waals surface area contributed by atoms with Gasteiger partial charge in [-0.05, 0) is 88.3 Å². The third kappa shape index (κ3) is 5.09. The summed E-state index contributed by atoms with van der Waals surface area (Å²) in [4.78, 5) is 15.2. The van der Waals surface area contributed by atoms with Gasteiger partial charge >= 0.3 is 0 Å². The van der Waals surface area contributed by atoms with Gasteiger partial charge in [0.05, 0.1) is 17.6 Å². The number of halogens is 1. The van der Waals surface area contributed by atoms with E-state index in [4.69, 9.17) is 4.74 Å². The number of amides is 1. The molecule has 1 amide bonds. The highest BCUT2D eigenvalue weighted by molar-refractivity contribution is 6.00. The molecule has 2 fully saturated rings. The van der Waals surface area contributed by atoms with E-state index < -0.39 is 11.3 Å². The van der Waals surface area contributed by atoms with Crippen molar-refractivity contribution in [3.8, 4) is 5.75 Å². The molecule has 2 aliphatic rings. The van der Waals surface area contributed by atoms with Gasteiger partial charge in [-0.15, -0.1) is 0 Å². The Hall–Kier alpha value is -2.14. The number of carbonyl (C=O) groups is 1. The van der Waals surface area contributed by atoms with E-state index in [2.05, 4.69) is 13.5 Å². The van der Waals surface area contributed by atoms with Gasteiger partial charge in [-0.3, -0.25) is 4.79 Å². The van der Waals surface area contributed by atoms with Crippen LogP contribution in [0.4, 0.5) is 10.1 Å². The maximum atomic E-state index is 14.9. The van der Waals surface area contributed by atoms with E-state index in [1.165, 1.54) is 6.08 Å². The predicted octanol–water partition coefficient (Wildman–Crippen LogP) is 6.14. The number of allylic oxidation sites excluding steroid dienone is 3. The van der Waals surface area contributed by atoms with Crippen LogP contribution in [0.25, 0.3) is 0 Å². The number of ether oxygens (including phenoxy) is 1. The van der Waals surface area contributed by atoms with Crippen LogP contribution in [0.3, 0.4) is 0 Å². The normalized spacial score (nSPS) is 27.8. The zero-order valence-electron chi connectivity index (χ0n) is 19.8. The maximum absolute atomic E-state index is 14.9. The largest absolute Gasteiger partial charge is 0.493 e. The minimum Gasteiger partial charge on any atom is -0.493 e. The standard InChI is InChI=1S/C27H38FNO3/c1-5-11-26(31)15-13-25(14-16-26)17-19-29(24(25)30)22-7-9-23(10-8-22)32-20-18-27(28,12-6-2)21(3)4/h6-10,12,31H,3,5,11,13-20H2,1-2,4H3. The van der Waals surface area contributed by atoms with Crippen LogP contribution in [0.5, 0.6) is 5.75 Å². The van der Waals surface area contributed by atoms with Gasteiger partial charge in [0.25, 0.3) is 0 Å². The highest BCUT2D eigenvalue weighted by Crippen LogP contribution is 2.49. The molecule has 1 aliphatic heterocycles. The second kappa shape index (κ2) is 9.78. The molecule has 0 bridgehead atoms. The first-order valence-electron chi connectivity index (χ1n) is 11.9. The van der Waals surface area contributed by atoms with E-state index in [1.807, 2.05) is 29.2 Å².